The molecule has 0 bridgehead atoms. The first-order chi connectivity index (χ1) is 8.99. The van der Waals surface area contributed by atoms with Crippen LogP contribution in [0.25, 0.3) is 0 Å². The maximum atomic E-state index is 11.6. The molecule has 104 valence electrons. The van der Waals surface area contributed by atoms with E-state index < -0.39 is 17.0 Å². The minimum absolute atomic E-state index is 0.00527. The molecule has 0 heterocycles. The standard InChI is InChI=1S/C12H14ClNO5/c1-3-10(12(15)18-4-2)19-11-6-5-8(13)7-9(11)14(16)17/h5-7,10H,3-4H2,1-2H3. The van der Waals surface area contributed by atoms with Gasteiger partial charge in [0.05, 0.1) is 11.5 Å². The highest BCUT2D eigenvalue weighted by atomic mass is 35.5. The first kappa shape index (κ1) is 15.2. The molecule has 0 radical (unpaired) electrons. The number of hydrogen-bond acceptors (Lipinski definition) is 5. The van der Waals surface area contributed by atoms with E-state index in [2.05, 4.69) is 0 Å². The Morgan fingerprint density at radius 1 is 1.47 bits per heavy atom. The molecule has 1 unspecified atom stereocenters. The third-order valence-electron chi connectivity index (χ3n) is 2.31. The van der Waals surface area contributed by atoms with Crippen LogP contribution in [-0.4, -0.2) is 23.6 Å². The molecule has 0 saturated heterocycles. The molecule has 0 saturated carbocycles. The van der Waals surface area contributed by atoms with Gasteiger partial charge in [-0.05, 0) is 25.5 Å². The van der Waals surface area contributed by atoms with Crippen LogP contribution in [0.4, 0.5) is 5.69 Å². The molecule has 19 heavy (non-hydrogen) atoms. The molecule has 0 N–H and O–H groups in total. The lowest BCUT2D eigenvalue weighted by Crippen LogP contribution is -2.28. The van der Waals surface area contributed by atoms with Gasteiger partial charge in [-0.25, -0.2) is 4.79 Å². The van der Waals surface area contributed by atoms with Crippen LogP contribution in [0.1, 0.15) is 20.3 Å². The average Bonchev–Trinajstić information content (AvgIpc) is 2.37. The molecule has 1 atom stereocenters. The summed E-state index contributed by atoms with van der Waals surface area (Å²) in [5, 5.41) is 11.1. The van der Waals surface area contributed by atoms with E-state index in [9.17, 15) is 14.9 Å². The fourth-order valence-electron chi connectivity index (χ4n) is 1.42. The van der Waals surface area contributed by atoms with Gasteiger partial charge in [0.15, 0.2) is 11.9 Å². The van der Waals surface area contributed by atoms with Crippen molar-refractivity contribution in [2.24, 2.45) is 0 Å². The fourth-order valence-corrected chi connectivity index (χ4v) is 1.59. The number of carbonyl (C=O) groups excluding carboxylic acids is 1. The Morgan fingerprint density at radius 3 is 2.68 bits per heavy atom. The first-order valence-corrected chi connectivity index (χ1v) is 6.14. The molecule has 1 rings (SSSR count). The Labute approximate surface area is 115 Å². The third kappa shape index (κ3) is 4.10. The van der Waals surface area contributed by atoms with Crippen LogP contribution in [-0.2, 0) is 9.53 Å². The van der Waals surface area contributed by atoms with Crippen molar-refractivity contribution < 1.29 is 19.2 Å². The van der Waals surface area contributed by atoms with E-state index in [0.717, 1.165) is 0 Å². The molecule has 0 aromatic heterocycles. The molecule has 0 aliphatic carbocycles. The van der Waals surface area contributed by atoms with Gasteiger partial charge in [0, 0.05) is 11.1 Å². The van der Waals surface area contributed by atoms with Gasteiger partial charge in [-0.3, -0.25) is 10.1 Å². The van der Waals surface area contributed by atoms with E-state index in [1.54, 1.807) is 13.8 Å². The molecule has 0 spiro atoms. The zero-order valence-electron chi connectivity index (χ0n) is 10.6. The highest BCUT2D eigenvalue weighted by Crippen LogP contribution is 2.31. The van der Waals surface area contributed by atoms with Gasteiger partial charge in [-0.2, -0.15) is 0 Å². The normalized spacial score (nSPS) is 11.7. The van der Waals surface area contributed by atoms with Crippen molar-refractivity contribution in [3.8, 4) is 5.75 Å². The van der Waals surface area contributed by atoms with Crippen LogP contribution >= 0.6 is 11.6 Å². The number of halogens is 1. The van der Waals surface area contributed by atoms with E-state index >= 15 is 0 Å². The summed E-state index contributed by atoms with van der Waals surface area (Å²) in [7, 11) is 0. The number of carbonyl (C=O) groups is 1. The topological polar surface area (TPSA) is 78.7 Å². The quantitative estimate of drug-likeness (QED) is 0.456. The minimum Gasteiger partial charge on any atom is -0.472 e. The Balaban J connectivity index is 2.97. The Kier molecular flexibility index (Phi) is 5.57. The van der Waals surface area contributed by atoms with Crippen LogP contribution in [0, 0.1) is 10.1 Å². The van der Waals surface area contributed by atoms with E-state index in [-0.39, 0.29) is 23.1 Å². The van der Waals surface area contributed by atoms with Crippen molar-refractivity contribution in [1.29, 1.82) is 0 Å². The van der Waals surface area contributed by atoms with E-state index in [1.165, 1.54) is 18.2 Å². The summed E-state index contributed by atoms with van der Waals surface area (Å²) in [6.45, 7) is 3.63. The second-order valence-electron chi connectivity index (χ2n) is 3.64. The van der Waals surface area contributed by atoms with Gasteiger partial charge in [0.2, 0.25) is 0 Å². The van der Waals surface area contributed by atoms with Crippen molar-refractivity contribution >= 4 is 23.3 Å². The summed E-state index contributed by atoms with van der Waals surface area (Å²) >= 11 is 5.69. The Morgan fingerprint density at radius 2 is 2.16 bits per heavy atom. The molecule has 0 aliphatic heterocycles. The molecule has 1 aromatic rings. The summed E-state index contributed by atoms with van der Waals surface area (Å²) in [6, 6.07) is 4.00. The van der Waals surface area contributed by atoms with Crippen LogP contribution in [0.5, 0.6) is 5.75 Å². The summed E-state index contributed by atoms with van der Waals surface area (Å²) < 4.78 is 10.2. The van der Waals surface area contributed by atoms with Crippen LogP contribution in [0.15, 0.2) is 18.2 Å². The second kappa shape index (κ2) is 6.94. The molecular weight excluding hydrogens is 274 g/mol. The minimum atomic E-state index is -0.875. The summed E-state index contributed by atoms with van der Waals surface area (Å²) in [6.07, 6.45) is -0.529. The zero-order valence-corrected chi connectivity index (χ0v) is 11.3. The lowest BCUT2D eigenvalue weighted by molar-refractivity contribution is -0.386. The molecule has 1 aromatic carbocycles. The number of nitro groups is 1. The zero-order chi connectivity index (χ0) is 14.4. The second-order valence-corrected chi connectivity index (χ2v) is 4.07. The summed E-state index contributed by atoms with van der Waals surface area (Å²) in [4.78, 5) is 21.9. The Bertz CT molecular complexity index is 477. The average molecular weight is 288 g/mol. The predicted octanol–water partition coefficient (Wildman–Crippen LogP) is 2.97. The number of rotatable bonds is 6. The smallest absolute Gasteiger partial charge is 0.347 e. The van der Waals surface area contributed by atoms with Crippen LogP contribution in [0.3, 0.4) is 0 Å². The molecule has 0 aliphatic rings. The third-order valence-corrected chi connectivity index (χ3v) is 2.54. The lowest BCUT2D eigenvalue weighted by Gasteiger charge is -2.15. The fraction of sp³-hybridized carbons (Fsp3) is 0.417. The lowest BCUT2D eigenvalue weighted by atomic mass is 10.2. The molecular formula is C12H14ClNO5. The molecule has 0 fully saturated rings. The monoisotopic (exact) mass is 287 g/mol. The Hall–Kier alpha value is -1.82. The van der Waals surface area contributed by atoms with E-state index in [4.69, 9.17) is 21.1 Å². The van der Waals surface area contributed by atoms with Gasteiger partial charge in [0.25, 0.3) is 0 Å². The predicted molar refractivity (Wildman–Crippen MR) is 69.4 cm³/mol. The SMILES string of the molecule is CCOC(=O)C(CC)Oc1ccc(Cl)cc1[N+](=O)[O-]. The van der Waals surface area contributed by atoms with Gasteiger partial charge in [0.1, 0.15) is 0 Å². The van der Waals surface area contributed by atoms with Gasteiger partial charge in [-0.1, -0.05) is 18.5 Å². The van der Waals surface area contributed by atoms with Crippen molar-refractivity contribution in [2.75, 3.05) is 6.61 Å². The first-order valence-electron chi connectivity index (χ1n) is 5.76. The summed E-state index contributed by atoms with van der Waals surface area (Å²) in [5.41, 5.74) is -0.282. The number of esters is 1. The largest absolute Gasteiger partial charge is 0.472 e. The molecule has 7 heteroatoms. The van der Waals surface area contributed by atoms with Gasteiger partial charge < -0.3 is 9.47 Å². The highest BCUT2D eigenvalue weighted by Gasteiger charge is 2.24. The maximum absolute atomic E-state index is 11.6. The number of nitrogens with zero attached hydrogens (tertiary/aromatic N) is 1. The van der Waals surface area contributed by atoms with Crippen LogP contribution < -0.4 is 4.74 Å². The van der Waals surface area contributed by atoms with Crippen molar-refractivity contribution in [3.63, 3.8) is 0 Å². The van der Waals surface area contributed by atoms with Crippen molar-refractivity contribution in [3.05, 3.63) is 33.3 Å². The molecule has 6 nitrogen and oxygen atoms in total. The van der Waals surface area contributed by atoms with Gasteiger partial charge in [-0.15, -0.1) is 0 Å². The highest BCUT2D eigenvalue weighted by molar-refractivity contribution is 6.30. The molecule has 0 amide bonds. The number of ether oxygens (including phenoxy) is 2. The van der Waals surface area contributed by atoms with Gasteiger partial charge >= 0.3 is 11.7 Å². The maximum Gasteiger partial charge on any atom is 0.347 e. The van der Waals surface area contributed by atoms with E-state index in [1.807, 2.05) is 0 Å². The summed E-state index contributed by atoms with van der Waals surface area (Å²) in [5.74, 6) is -0.552. The van der Waals surface area contributed by atoms with Crippen LogP contribution in [0.2, 0.25) is 5.02 Å². The van der Waals surface area contributed by atoms with E-state index in [0.29, 0.717) is 6.42 Å². The number of benzene rings is 1. The van der Waals surface area contributed by atoms with Crippen molar-refractivity contribution in [1.82, 2.24) is 0 Å². The number of hydrogen-bond donors (Lipinski definition) is 0. The van der Waals surface area contributed by atoms with Crippen molar-refractivity contribution in [2.45, 2.75) is 26.4 Å². The number of nitro benzene ring substituents is 1.